The highest BCUT2D eigenvalue weighted by Crippen LogP contribution is 2.19. The van der Waals surface area contributed by atoms with Gasteiger partial charge < -0.3 is 19.6 Å². The van der Waals surface area contributed by atoms with Gasteiger partial charge in [-0.3, -0.25) is 9.59 Å². The van der Waals surface area contributed by atoms with Crippen molar-refractivity contribution < 1.29 is 26.9 Å². The summed E-state index contributed by atoms with van der Waals surface area (Å²) in [5.74, 6) is -0.585. The van der Waals surface area contributed by atoms with Crippen molar-refractivity contribution in [3.8, 4) is 0 Å². The summed E-state index contributed by atoms with van der Waals surface area (Å²) in [4.78, 5) is 24.4. The minimum Gasteiger partial charge on any atom is -0.459 e. The van der Waals surface area contributed by atoms with E-state index in [4.69, 9.17) is 8.94 Å². The molecule has 2 aromatic heterocycles. The Morgan fingerprint density at radius 1 is 1.16 bits per heavy atom. The number of hydrogen-bond donors (Lipinski definition) is 3. The summed E-state index contributed by atoms with van der Waals surface area (Å²) in [7, 11) is -3.97. The highest BCUT2D eigenvalue weighted by atomic mass is 32.2. The van der Waals surface area contributed by atoms with E-state index in [-0.39, 0.29) is 28.7 Å². The molecule has 1 atom stereocenters. The summed E-state index contributed by atoms with van der Waals surface area (Å²) >= 11 is 0. The number of rotatable bonds is 8. The molecule has 31 heavy (non-hydrogen) atoms. The maximum absolute atomic E-state index is 12.5. The zero-order valence-corrected chi connectivity index (χ0v) is 17.9. The van der Waals surface area contributed by atoms with Gasteiger partial charge in [0.25, 0.3) is 5.91 Å². The highest BCUT2D eigenvalue weighted by Gasteiger charge is 2.28. The maximum Gasteiger partial charge on any atom is 0.291 e. The summed E-state index contributed by atoms with van der Waals surface area (Å²) < 4.78 is 37.3. The van der Waals surface area contributed by atoms with E-state index in [1.54, 1.807) is 36.4 Å². The van der Waals surface area contributed by atoms with Gasteiger partial charge in [-0.2, -0.15) is 4.72 Å². The zero-order chi connectivity index (χ0) is 22.6. The number of aromatic nitrogens is 1. The second-order valence-electron chi connectivity index (χ2n) is 6.85. The van der Waals surface area contributed by atoms with Crippen LogP contribution in [0.2, 0.25) is 0 Å². The van der Waals surface area contributed by atoms with Crippen molar-refractivity contribution in [2.24, 2.45) is 0 Å². The molecule has 0 spiro atoms. The molecule has 2 heterocycles. The number of carbonyl (C=O) groups excluding carboxylic acids is 2. The second kappa shape index (κ2) is 9.14. The minimum atomic E-state index is -3.97. The number of nitrogens with one attached hydrogen (secondary N) is 3. The van der Waals surface area contributed by atoms with Crippen LogP contribution in [0, 0.1) is 13.8 Å². The van der Waals surface area contributed by atoms with Gasteiger partial charge in [-0.05, 0) is 50.6 Å². The van der Waals surface area contributed by atoms with Crippen LogP contribution in [0.15, 0.2) is 56.5 Å². The lowest BCUT2D eigenvalue weighted by atomic mass is 10.2. The van der Waals surface area contributed by atoms with Crippen molar-refractivity contribution in [1.82, 2.24) is 15.2 Å². The van der Waals surface area contributed by atoms with Crippen molar-refractivity contribution in [2.45, 2.75) is 38.3 Å². The molecule has 3 N–H and O–H groups in total. The smallest absolute Gasteiger partial charge is 0.291 e. The second-order valence-corrected chi connectivity index (χ2v) is 8.50. The first-order valence-electron chi connectivity index (χ1n) is 9.34. The molecule has 3 rings (SSSR count). The normalized spacial score (nSPS) is 12.4. The van der Waals surface area contributed by atoms with Crippen LogP contribution in [0.5, 0.6) is 0 Å². The van der Waals surface area contributed by atoms with Crippen molar-refractivity contribution in [2.75, 3.05) is 5.32 Å². The fourth-order valence-electron chi connectivity index (χ4n) is 2.91. The molecule has 0 aliphatic rings. The number of aryl methyl sites for hydroxylation is 2. The first-order chi connectivity index (χ1) is 14.7. The van der Waals surface area contributed by atoms with Crippen LogP contribution < -0.4 is 15.4 Å². The van der Waals surface area contributed by atoms with Gasteiger partial charge >= 0.3 is 0 Å². The van der Waals surface area contributed by atoms with Crippen molar-refractivity contribution in [1.29, 1.82) is 0 Å². The molecular weight excluding hydrogens is 424 g/mol. The highest BCUT2D eigenvalue weighted by molar-refractivity contribution is 7.89. The van der Waals surface area contributed by atoms with E-state index in [0.29, 0.717) is 11.3 Å². The van der Waals surface area contributed by atoms with E-state index in [9.17, 15) is 18.0 Å². The first-order valence-corrected chi connectivity index (χ1v) is 10.8. The predicted molar refractivity (Wildman–Crippen MR) is 111 cm³/mol. The number of furan rings is 1. The number of anilines is 1. The fourth-order valence-corrected chi connectivity index (χ4v) is 4.44. The summed E-state index contributed by atoms with van der Waals surface area (Å²) in [6, 6.07) is 9.02. The van der Waals surface area contributed by atoms with Gasteiger partial charge in [0.05, 0.1) is 12.3 Å². The van der Waals surface area contributed by atoms with Crippen LogP contribution in [-0.2, 0) is 21.4 Å². The lowest BCUT2D eigenvalue weighted by Gasteiger charge is -2.14. The molecule has 0 saturated heterocycles. The number of benzene rings is 1. The molecular formula is C20H22N4O6S. The molecule has 1 aromatic carbocycles. The predicted octanol–water partition coefficient (Wildman–Crippen LogP) is 2.12. The quantitative estimate of drug-likeness (QED) is 0.481. The molecule has 0 saturated carbocycles. The Morgan fingerprint density at radius 3 is 2.58 bits per heavy atom. The average Bonchev–Trinajstić information content (AvgIpc) is 3.36. The number of nitrogens with zero attached hydrogens (tertiary/aromatic N) is 1. The number of carbonyl (C=O) groups is 2. The van der Waals surface area contributed by atoms with Gasteiger partial charge in [-0.1, -0.05) is 17.3 Å². The Morgan fingerprint density at radius 2 is 1.94 bits per heavy atom. The Bertz CT molecular complexity index is 1160. The Hall–Kier alpha value is -3.44. The largest absolute Gasteiger partial charge is 0.459 e. The average molecular weight is 446 g/mol. The third-order valence-corrected chi connectivity index (χ3v) is 6.14. The van der Waals surface area contributed by atoms with E-state index < -0.39 is 27.9 Å². The lowest BCUT2D eigenvalue weighted by molar-refractivity contribution is -0.122. The molecule has 0 fully saturated rings. The first kappa shape index (κ1) is 22.2. The zero-order valence-electron chi connectivity index (χ0n) is 17.1. The van der Waals surface area contributed by atoms with Crippen LogP contribution in [0.3, 0.4) is 0 Å². The molecule has 0 bridgehead atoms. The Balaban J connectivity index is 1.58. The molecule has 10 nitrogen and oxygen atoms in total. The number of sulfonamides is 1. The minimum absolute atomic E-state index is 0.0767. The third-order valence-electron chi connectivity index (χ3n) is 4.36. The van der Waals surface area contributed by atoms with E-state index in [0.717, 1.165) is 0 Å². The summed E-state index contributed by atoms with van der Waals surface area (Å²) in [6.45, 7) is 4.57. The Kier molecular flexibility index (Phi) is 6.56. The van der Waals surface area contributed by atoms with Gasteiger partial charge in [-0.15, -0.1) is 0 Å². The van der Waals surface area contributed by atoms with E-state index in [2.05, 4.69) is 20.5 Å². The molecule has 0 radical (unpaired) electrons. The molecule has 3 aromatic rings. The SMILES string of the molecule is Cc1noc(C)c1S(=O)(=O)N[C@@H](C)C(=O)NCc1cccc(NC(=O)c2ccco2)c1. The maximum atomic E-state index is 12.5. The van der Waals surface area contributed by atoms with Gasteiger partial charge in [0.1, 0.15) is 10.6 Å². The van der Waals surface area contributed by atoms with Crippen molar-refractivity contribution in [3.05, 3.63) is 65.4 Å². The van der Waals surface area contributed by atoms with Crippen LogP contribution in [-0.4, -0.2) is 31.4 Å². The molecule has 164 valence electrons. The lowest BCUT2D eigenvalue weighted by Crippen LogP contribution is -2.44. The molecule has 2 amide bonds. The molecule has 11 heteroatoms. The third kappa shape index (κ3) is 5.38. The van der Waals surface area contributed by atoms with E-state index in [1.807, 2.05) is 0 Å². The van der Waals surface area contributed by atoms with Gasteiger partial charge in [0, 0.05) is 12.2 Å². The number of amides is 2. The van der Waals surface area contributed by atoms with E-state index in [1.165, 1.54) is 27.0 Å². The van der Waals surface area contributed by atoms with Crippen LogP contribution in [0.1, 0.15) is 34.5 Å². The fraction of sp³-hybridized carbons (Fsp3) is 0.250. The topological polar surface area (TPSA) is 144 Å². The number of hydrogen-bond acceptors (Lipinski definition) is 7. The molecule has 0 aliphatic carbocycles. The van der Waals surface area contributed by atoms with Crippen LogP contribution >= 0.6 is 0 Å². The van der Waals surface area contributed by atoms with Crippen molar-refractivity contribution >= 4 is 27.5 Å². The molecule has 0 aliphatic heterocycles. The molecule has 0 unspecified atom stereocenters. The Labute approximate surface area is 179 Å². The summed E-state index contributed by atoms with van der Waals surface area (Å²) in [5.41, 5.74) is 1.46. The van der Waals surface area contributed by atoms with Crippen LogP contribution in [0.4, 0.5) is 5.69 Å². The van der Waals surface area contributed by atoms with Gasteiger partial charge in [-0.25, -0.2) is 8.42 Å². The monoisotopic (exact) mass is 446 g/mol. The summed E-state index contributed by atoms with van der Waals surface area (Å²) in [5, 5.41) is 8.99. The summed E-state index contributed by atoms with van der Waals surface area (Å²) in [6.07, 6.45) is 1.40. The van der Waals surface area contributed by atoms with Gasteiger partial charge in [0.15, 0.2) is 11.5 Å². The standard InChI is InChI=1S/C20H22N4O6S/c1-12-18(14(3)30-23-12)31(27,28)24-13(2)19(25)21-11-15-6-4-7-16(10-15)22-20(26)17-8-5-9-29-17/h4-10,13,24H,11H2,1-3H3,(H,21,25)(H,22,26)/t13-/m0/s1. The van der Waals surface area contributed by atoms with Crippen molar-refractivity contribution in [3.63, 3.8) is 0 Å². The van der Waals surface area contributed by atoms with Gasteiger partial charge in [0.2, 0.25) is 15.9 Å². The van der Waals surface area contributed by atoms with Crippen LogP contribution in [0.25, 0.3) is 0 Å². The van der Waals surface area contributed by atoms with E-state index >= 15 is 0 Å².